The lowest BCUT2D eigenvalue weighted by molar-refractivity contribution is -0.319. The van der Waals surface area contributed by atoms with Crippen molar-refractivity contribution in [3.05, 3.63) is 36.4 Å². The summed E-state index contributed by atoms with van der Waals surface area (Å²) < 4.78 is 99.2. The summed E-state index contributed by atoms with van der Waals surface area (Å²) in [5, 5.41) is 38.0. The first-order valence-electron chi connectivity index (χ1n) is 8.55. The minimum Gasteiger partial charge on any atom is -0.504 e. The van der Waals surface area contributed by atoms with Gasteiger partial charge in [0, 0.05) is 0 Å². The molecule has 2 aliphatic rings. The Morgan fingerprint density at radius 1 is 0.500 bits per heavy atom. The van der Waals surface area contributed by atoms with Gasteiger partial charge in [0.2, 0.25) is 11.5 Å². The number of rotatable bonds is 7. The fraction of sp³-hybridized carbons (Fsp3) is 0. The van der Waals surface area contributed by atoms with Crippen molar-refractivity contribution >= 4 is 31.3 Å². The monoisotopic (exact) mass is 598 g/mol. The Hall–Kier alpha value is -2.24. The molecule has 0 unspecified atom stereocenters. The Morgan fingerprint density at radius 2 is 0.806 bits per heavy atom. The van der Waals surface area contributed by atoms with E-state index in [1.54, 1.807) is 0 Å². The molecular weight excluding hydrogens is 588 g/mol. The van der Waals surface area contributed by atoms with Crippen molar-refractivity contribution in [2.24, 2.45) is 0 Å². The first-order valence-corrected chi connectivity index (χ1v) is 14.4. The van der Waals surface area contributed by atoms with E-state index in [0.29, 0.717) is 0 Å². The van der Waals surface area contributed by atoms with E-state index in [1.807, 2.05) is 0 Å². The second kappa shape index (κ2) is 9.90. The summed E-state index contributed by atoms with van der Waals surface area (Å²) in [6, 6.07) is 6.49. The largest absolute Gasteiger partial charge is 0.586 e. The highest BCUT2D eigenvalue weighted by Crippen LogP contribution is 2.70. The summed E-state index contributed by atoms with van der Waals surface area (Å²) in [5.74, 6) is -4.36. The van der Waals surface area contributed by atoms with Gasteiger partial charge in [-0.2, -0.15) is 0 Å². The van der Waals surface area contributed by atoms with E-state index in [0.717, 1.165) is 24.3 Å². The maximum absolute atomic E-state index is 12.2. The van der Waals surface area contributed by atoms with Crippen LogP contribution in [-0.2, 0) is 65.0 Å². The number of para-hydroxylation sites is 2. The SMILES string of the molecule is O=P1(OOP2(=O)OOP(=O)(Oc3cccc(O)c3O)OO2)OOP(=O)(Oc2cccc(O)c2O)OO1. The summed E-state index contributed by atoms with van der Waals surface area (Å²) in [6.07, 6.45) is 0. The zero-order valence-electron chi connectivity index (χ0n) is 16.6. The molecule has 0 aromatic heterocycles. The molecule has 0 radical (unpaired) electrons. The number of aromatic hydroxyl groups is 4. The van der Waals surface area contributed by atoms with Crippen LogP contribution in [0.5, 0.6) is 34.5 Å². The Morgan fingerprint density at radius 3 is 1.14 bits per heavy atom. The third-order valence-electron chi connectivity index (χ3n) is 3.46. The predicted octanol–water partition coefficient (Wildman–Crippen LogP) is 4.17. The molecule has 0 saturated carbocycles. The minimum atomic E-state index is -5.16. The molecular formula is C12H10O20P4. The van der Waals surface area contributed by atoms with Crippen LogP contribution in [0.3, 0.4) is 0 Å². The van der Waals surface area contributed by atoms with Crippen LogP contribution in [-0.4, -0.2) is 20.4 Å². The van der Waals surface area contributed by atoms with E-state index in [1.165, 1.54) is 12.1 Å². The van der Waals surface area contributed by atoms with Crippen LogP contribution in [0.15, 0.2) is 36.4 Å². The lowest BCUT2D eigenvalue weighted by atomic mass is 10.3. The normalized spacial score (nSPS) is 32.6. The standard InChI is InChI=1S/C12H10O20P4/c13-7-3-1-5-9(11(7)15)21-33(17)23-27-35(19,28-24-33)31-32-36(20)29-25-34(18,26-30-36)22-10-6-2-4-8(14)12(10)16/h1-6,13-16H. The third kappa shape index (κ3) is 6.00. The van der Waals surface area contributed by atoms with Crippen LogP contribution in [0.2, 0.25) is 0 Å². The number of hydrogen-bond donors (Lipinski definition) is 4. The second-order valence-electron chi connectivity index (χ2n) is 5.96. The van der Waals surface area contributed by atoms with Gasteiger partial charge >= 0.3 is 31.3 Å². The van der Waals surface area contributed by atoms with Gasteiger partial charge in [-0.05, 0) is 24.3 Å². The molecule has 2 aliphatic heterocycles. The fourth-order valence-electron chi connectivity index (χ4n) is 1.98. The van der Waals surface area contributed by atoms with E-state index in [-0.39, 0.29) is 0 Å². The molecule has 198 valence electrons. The molecule has 0 aliphatic carbocycles. The van der Waals surface area contributed by atoms with Gasteiger partial charge in [0.05, 0.1) is 0 Å². The molecule has 2 fully saturated rings. The number of phosphoric acid groups is 4. The first-order chi connectivity index (χ1) is 16.8. The van der Waals surface area contributed by atoms with Crippen molar-refractivity contribution in [2.75, 3.05) is 0 Å². The Labute approximate surface area is 197 Å². The number of phenols is 4. The molecule has 20 nitrogen and oxygen atoms in total. The van der Waals surface area contributed by atoms with Crippen LogP contribution in [0.1, 0.15) is 0 Å². The van der Waals surface area contributed by atoms with Gasteiger partial charge in [-0.25, -0.2) is 18.3 Å². The van der Waals surface area contributed by atoms with Gasteiger partial charge in [-0.3, -0.25) is 0 Å². The fourth-order valence-corrected chi connectivity index (χ4v) is 6.34. The molecule has 0 amide bonds. The Balaban J connectivity index is 1.30. The molecule has 0 bridgehead atoms. The average molecular weight is 598 g/mol. The van der Waals surface area contributed by atoms with Gasteiger partial charge in [0.1, 0.15) is 0 Å². The van der Waals surface area contributed by atoms with Gasteiger partial charge in [0.15, 0.2) is 23.0 Å². The van der Waals surface area contributed by atoms with Gasteiger partial charge in [-0.1, -0.05) is 12.1 Å². The van der Waals surface area contributed by atoms with E-state index in [2.05, 4.69) is 55.8 Å². The molecule has 0 spiro atoms. The van der Waals surface area contributed by atoms with Gasteiger partial charge in [-0.15, -0.1) is 46.7 Å². The summed E-state index contributed by atoms with van der Waals surface area (Å²) in [5.41, 5.74) is 0. The van der Waals surface area contributed by atoms with Crippen LogP contribution < -0.4 is 9.05 Å². The van der Waals surface area contributed by atoms with E-state index < -0.39 is 65.8 Å². The molecule has 4 rings (SSSR count). The average Bonchev–Trinajstić information content (AvgIpc) is 2.84. The van der Waals surface area contributed by atoms with Crippen LogP contribution in [0, 0.1) is 0 Å². The number of phenolic OH excluding ortho intramolecular Hbond substituents is 4. The highest BCUT2D eigenvalue weighted by Gasteiger charge is 2.54. The molecule has 0 atom stereocenters. The Kier molecular flexibility index (Phi) is 7.38. The molecule has 4 N–H and O–H groups in total. The summed E-state index contributed by atoms with van der Waals surface area (Å²) in [7, 11) is -20.1. The number of hydrogen-bond acceptors (Lipinski definition) is 20. The summed E-state index contributed by atoms with van der Waals surface area (Å²) in [6.45, 7) is 0. The van der Waals surface area contributed by atoms with Crippen molar-refractivity contribution in [3.63, 3.8) is 0 Å². The summed E-state index contributed by atoms with van der Waals surface area (Å²) in [4.78, 5) is 0. The first kappa shape index (κ1) is 26.8. The molecule has 2 heterocycles. The third-order valence-corrected chi connectivity index (χ3v) is 7.45. The van der Waals surface area contributed by atoms with Crippen LogP contribution >= 0.6 is 31.3 Å². The maximum atomic E-state index is 12.2. The van der Waals surface area contributed by atoms with Gasteiger partial charge in [0.25, 0.3) is 0 Å². The summed E-state index contributed by atoms with van der Waals surface area (Å²) >= 11 is 0. The van der Waals surface area contributed by atoms with Crippen molar-refractivity contribution in [1.82, 2.24) is 0 Å². The molecule has 2 saturated heterocycles. The van der Waals surface area contributed by atoms with Crippen LogP contribution in [0.25, 0.3) is 0 Å². The highest BCUT2D eigenvalue weighted by atomic mass is 31.2. The molecule has 2 aromatic rings. The minimum absolute atomic E-state index is 0.632. The maximum Gasteiger partial charge on any atom is 0.586 e. The lowest BCUT2D eigenvalue weighted by Gasteiger charge is -2.26. The van der Waals surface area contributed by atoms with Crippen molar-refractivity contribution in [3.8, 4) is 34.5 Å². The van der Waals surface area contributed by atoms with Crippen molar-refractivity contribution in [2.45, 2.75) is 0 Å². The lowest BCUT2D eigenvalue weighted by Crippen LogP contribution is -2.14. The van der Waals surface area contributed by atoms with Crippen molar-refractivity contribution in [1.29, 1.82) is 0 Å². The number of benzene rings is 2. The smallest absolute Gasteiger partial charge is 0.504 e. The molecule has 36 heavy (non-hydrogen) atoms. The van der Waals surface area contributed by atoms with Crippen LogP contribution in [0.4, 0.5) is 0 Å². The molecule has 2 aromatic carbocycles. The topological polar surface area (TPSA) is 260 Å². The van der Waals surface area contributed by atoms with Gasteiger partial charge < -0.3 is 29.5 Å². The van der Waals surface area contributed by atoms with E-state index in [4.69, 9.17) is 0 Å². The zero-order valence-corrected chi connectivity index (χ0v) is 20.2. The van der Waals surface area contributed by atoms with E-state index >= 15 is 0 Å². The zero-order chi connectivity index (χ0) is 26.2. The quantitative estimate of drug-likeness (QED) is 0.151. The highest BCUT2D eigenvalue weighted by molar-refractivity contribution is 7.54. The van der Waals surface area contributed by atoms with E-state index in [9.17, 15) is 38.7 Å². The second-order valence-corrected chi connectivity index (χ2v) is 11.4. The Bertz CT molecular complexity index is 1210. The van der Waals surface area contributed by atoms with Crippen molar-refractivity contribution < 1.29 is 94.5 Å². The molecule has 24 heteroatoms. The predicted molar refractivity (Wildman–Crippen MR) is 102 cm³/mol.